The summed E-state index contributed by atoms with van der Waals surface area (Å²) < 4.78 is 23.5. The van der Waals surface area contributed by atoms with Crippen LogP contribution in [0.15, 0.2) is 60.7 Å². The molecular formula is C27H29N3O7. The fraction of sp³-hybridized carbons (Fsp3) is 0.296. The topological polar surface area (TPSA) is 112 Å². The minimum absolute atomic E-state index is 0.0212. The molecule has 0 aliphatic carbocycles. The van der Waals surface area contributed by atoms with Crippen molar-refractivity contribution in [3.8, 4) is 23.0 Å². The standard InChI is InChI=1S/C27H29N3O7/c1-34-19-8-6-17(7-9-19)24(31)22-23(18-14-20(35-2)26(37-4)21(15-18)36-3)30(27(33)25(22)32)12-5-11-29-13-10-28-16-29/h6-10,13-16,23,31H,5,11-12H2,1-4H3/b24-22+/t23-/m0/s1. The number of rotatable bonds is 10. The molecule has 10 heteroatoms. The van der Waals surface area contributed by atoms with Crippen LogP contribution in [0.5, 0.6) is 23.0 Å². The number of likely N-dealkylation sites (tertiary alicyclic amines) is 1. The molecule has 4 rings (SSSR count). The molecule has 1 saturated heterocycles. The van der Waals surface area contributed by atoms with Crippen LogP contribution in [0.25, 0.3) is 5.76 Å². The number of amides is 1. The quantitative estimate of drug-likeness (QED) is 0.252. The number of carbonyl (C=O) groups is 2. The molecule has 1 N–H and O–H groups in total. The molecule has 0 spiro atoms. The van der Waals surface area contributed by atoms with E-state index in [0.717, 1.165) is 0 Å². The lowest BCUT2D eigenvalue weighted by Crippen LogP contribution is -2.31. The van der Waals surface area contributed by atoms with Gasteiger partial charge in [0.2, 0.25) is 5.75 Å². The van der Waals surface area contributed by atoms with Crippen LogP contribution in [0.2, 0.25) is 0 Å². The molecule has 1 amide bonds. The fourth-order valence-electron chi connectivity index (χ4n) is 4.46. The van der Waals surface area contributed by atoms with E-state index in [1.807, 2.05) is 10.8 Å². The zero-order chi connectivity index (χ0) is 26.5. The highest BCUT2D eigenvalue weighted by molar-refractivity contribution is 6.46. The highest BCUT2D eigenvalue weighted by Crippen LogP contribution is 2.45. The monoisotopic (exact) mass is 507 g/mol. The Balaban J connectivity index is 1.82. The van der Waals surface area contributed by atoms with E-state index in [1.54, 1.807) is 48.9 Å². The summed E-state index contributed by atoms with van der Waals surface area (Å²) in [6, 6.07) is 9.10. The Morgan fingerprint density at radius 1 is 0.946 bits per heavy atom. The first-order valence-corrected chi connectivity index (χ1v) is 11.6. The normalized spacial score (nSPS) is 16.6. The Morgan fingerprint density at radius 3 is 2.16 bits per heavy atom. The van der Waals surface area contributed by atoms with Crippen molar-refractivity contribution in [1.82, 2.24) is 14.5 Å². The molecule has 10 nitrogen and oxygen atoms in total. The molecule has 2 aromatic carbocycles. The van der Waals surface area contributed by atoms with Gasteiger partial charge in [-0.1, -0.05) is 0 Å². The molecule has 0 unspecified atom stereocenters. The molecular weight excluding hydrogens is 478 g/mol. The zero-order valence-corrected chi connectivity index (χ0v) is 21.1. The van der Waals surface area contributed by atoms with Crippen LogP contribution in [0.4, 0.5) is 0 Å². The summed E-state index contributed by atoms with van der Waals surface area (Å²) in [6.07, 6.45) is 5.76. The summed E-state index contributed by atoms with van der Waals surface area (Å²) in [7, 11) is 6.00. The van der Waals surface area contributed by atoms with Gasteiger partial charge < -0.3 is 33.5 Å². The summed E-state index contributed by atoms with van der Waals surface area (Å²) in [6.45, 7) is 0.868. The first kappa shape index (κ1) is 25.6. The SMILES string of the molecule is COc1ccc(/C(O)=C2\C(=O)C(=O)N(CCCn3ccnc3)[C@H]2c2cc(OC)c(OC)c(OC)c2)cc1. The number of benzene rings is 2. The van der Waals surface area contributed by atoms with Crippen LogP contribution in [-0.2, 0) is 16.1 Å². The third-order valence-electron chi connectivity index (χ3n) is 6.28. The Labute approximate surface area is 214 Å². The number of methoxy groups -OCH3 is 4. The van der Waals surface area contributed by atoms with Crippen molar-refractivity contribution in [2.75, 3.05) is 35.0 Å². The average molecular weight is 508 g/mol. The van der Waals surface area contributed by atoms with E-state index in [0.29, 0.717) is 47.1 Å². The van der Waals surface area contributed by atoms with E-state index < -0.39 is 17.7 Å². The smallest absolute Gasteiger partial charge is 0.295 e. The fourth-order valence-corrected chi connectivity index (χ4v) is 4.46. The maximum absolute atomic E-state index is 13.3. The number of hydrogen-bond acceptors (Lipinski definition) is 8. The molecule has 0 saturated carbocycles. The van der Waals surface area contributed by atoms with Gasteiger partial charge in [-0.25, -0.2) is 4.98 Å². The molecule has 1 fully saturated rings. The molecule has 1 aliphatic rings. The Bertz CT molecular complexity index is 1280. The summed E-state index contributed by atoms with van der Waals surface area (Å²) in [5.74, 6) is -0.0414. The maximum Gasteiger partial charge on any atom is 0.295 e. The van der Waals surface area contributed by atoms with Crippen LogP contribution in [0.3, 0.4) is 0 Å². The highest BCUT2D eigenvalue weighted by atomic mass is 16.5. The Morgan fingerprint density at radius 2 is 1.62 bits per heavy atom. The average Bonchev–Trinajstić information content (AvgIpc) is 3.54. The van der Waals surface area contributed by atoms with E-state index in [4.69, 9.17) is 18.9 Å². The van der Waals surface area contributed by atoms with Crippen LogP contribution in [0.1, 0.15) is 23.6 Å². The number of aliphatic hydroxyl groups is 1. The number of carbonyl (C=O) groups excluding carboxylic acids is 2. The molecule has 1 atom stereocenters. The van der Waals surface area contributed by atoms with Gasteiger partial charge in [-0.3, -0.25) is 9.59 Å². The van der Waals surface area contributed by atoms with E-state index >= 15 is 0 Å². The number of ketones is 1. The Kier molecular flexibility index (Phi) is 7.66. The second kappa shape index (κ2) is 11.1. The summed E-state index contributed by atoms with van der Waals surface area (Å²) in [5, 5.41) is 11.3. The minimum Gasteiger partial charge on any atom is -0.507 e. The van der Waals surface area contributed by atoms with E-state index in [1.165, 1.54) is 33.3 Å². The van der Waals surface area contributed by atoms with Crippen molar-refractivity contribution >= 4 is 17.4 Å². The van der Waals surface area contributed by atoms with Gasteiger partial charge in [0.1, 0.15) is 11.5 Å². The van der Waals surface area contributed by atoms with Gasteiger partial charge >= 0.3 is 0 Å². The van der Waals surface area contributed by atoms with Crippen molar-refractivity contribution in [1.29, 1.82) is 0 Å². The number of nitrogens with zero attached hydrogens (tertiary/aromatic N) is 3. The first-order valence-electron chi connectivity index (χ1n) is 11.6. The van der Waals surface area contributed by atoms with Crippen molar-refractivity contribution < 1.29 is 33.6 Å². The largest absolute Gasteiger partial charge is 0.507 e. The third-order valence-corrected chi connectivity index (χ3v) is 6.28. The van der Waals surface area contributed by atoms with Crippen LogP contribution in [0, 0.1) is 0 Å². The first-order chi connectivity index (χ1) is 17.9. The van der Waals surface area contributed by atoms with Gasteiger partial charge in [0, 0.05) is 31.0 Å². The predicted molar refractivity (Wildman–Crippen MR) is 135 cm³/mol. The van der Waals surface area contributed by atoms with Gasteiger partial charge in [-0.15, -0.1) is 0 Å². The van der Waals surface area contributed by atoms with Crippen molar-refractivity contribution in [2.24, 2.45) is 0 Å². The molecule has 3 aromatic rings. The molecule has 1 aliphatic heterocycles. The summed E-state index contributed by atoms with van der Waals surface area (Å²) in [4.78, 5) is 32.1. The third kappa shape index (κ3) is 4.95. The molecule has 2 heterocycles. The number of imidazole rings is 1. The molecule has 1 aromatic heterocycles. The second-order valence-corrected chi connectivity index (χ2v) is 8.33. The molecule has 0 bridgehead atoms. The van der Waals surface area contributed by atoms with Gasteiger partial charge in [-0.2, -0.15) is 0 Å². The Hall–Kier alpha value is -4.47. The summed E-state index contributed by atoms with van der Waals surface area (Å²) >= 11 is 0. The number of aryl methyl sites for hydroxylation is 1. The number of hydrogen-bond donors (Lipinski definition) is 1. The maximum atomic E-state index is 13.3. The van der Waals surface area contributed by atoms with Gasteiger partial charge in [0.25, 0.3) is 11.7 Å². The van der Waals surface area contributed by atoms with E-state index in [2.05, 4.69) is 4.98 Å². The van der Waals surface area contributed by atoms with Gasteiger partial charge in [0.15, 0.2) is 11.5 Å². The number of aromatic nitrogens is 2. The lowest BCUT2D eigenvalue weighted by Gasteiger charge is -2.26. The number of Topliss-reactive ketones (excluding diaryl/α,β-unsaturated/α-hetero) is 1. The van der Waals surface area contributed by atoms with Gasteiger partial charge in [-0.05, 0) is 48.4 Å². The van der Waals surface area contributed by atoms with E-state index in [9.17, 15) is 14.7 Å². The van der Waals surface area contributed by atoms with Gasteiger partial charge in [0.05, 0.1) is 46.4 Å². The second-order valence-electron chi connectivity index (χ2n) is 8.33. The van der Waals surface area contributed by atoms with Crippen molar-refractivity contribution in [2.45, 2.75) is 19.0 Å². The molecule has 37 heavy (non-hydrogen) atoms. The van der Waals surface area contributed by atoms with Crippen LogP contribution in [-0.4, -0.2) is 66.2 Å². The number of ether oxygens (including phenoxy) is 4. The summed E-state index contributed by atoms with van der Waals surface area (Å²) in [5.41, 5.74) is 0.896. The predicted octanol–water partition coefficient (Wildman–Crippen LogP) is 3.43. The van der Waals surface area contributed by atoms with E-state index in [-0.39, 0.29) is 17.9 Å². The molecule has 0 radical (unpaired) electrons. The highest BCUT2D eigenvalue weighted by Gasteiger charge is 2.46. The van der Waals surface area contributed by atoms with Crippen LogP contribution >= 0.6 is 0 Å². The number of aliphatic hydroxyl groups excluding tert-OH is 1. The molecule has 194 valence electrons. The zero-order valence-electron chi connectivity index (χ0n) is 21.1. The minimum atomic E-state index is -0.876. The van der Waals surface area contributed by atoms with Crippen molar-refractivity contribution in [3.05, 3.63) is 71.8 Å². The lowest BCUT2D eigenvalue weighted by molar-refractivity contribution is -0.139. The van der Waals surface area contributed by atoms with Crippen molar-refractivity contribution in [3.63, 3.8) is 0 Å². The van der Waals surface area contributed by atoms with Crippen LogP contribution < -0.4 is 18.9 Å². The lowest BCUT2D eigenvalue weighted by atomic mass is 9.94.